The van der Waals surface area contributed by atoms with Gasteiger partial charge < -0.3 is 9.47 Å². The summed E-state index contributed by atoms with van der Waals surface area (Å²) in [5.41, 5.74) is 0.427. The number of hydrogen-bond acceptors (Lipinski definition) is 4. The molecule has 7 heteroatoms. The molecule has 1 aliphatic heterocycles. The SMILES string of the molecule is C=CCn1c(=O)c2c(nc3n2CC(C)CN3C2CCCCC2)n(C)c1=O. The molecule has 0 N–H and O–H groups in total. The largest absolute Gasteiger partial charge is 0.339 e. The summed E-state index contributed by atoms with van der Waals surface area (Å²) in [5, 5.41) is 0. The molecule has 7 nitrogen and oxygen atoms in total. The fourth-order valence-electron chi connectivity index (χ4n) is 4.53. The van der Waals surface area contributed by atoms with Crippen molar-refractivity contribution < 1.29 is 0 Å². The summed E-state index contributed by atoms with van der Waals surface area (Å²) < 4.78 is 4.78. The first-order valence-electron chi connectivity index (χ1n) is 9.60. The predicted octanol–water partition coefficient (Wildman–Crippen LogP) is 1.87. The van der Waals surface area contributed by atoms with E-state index in [0.717, 1.165) is 19.0 Å². The Hall–Kier alpha value is -2.31. The van der Waals surface area contributed by atoms with Crippen LogP contribution in [-0.4, -0.2) is 31.3 Å². The maximum Gasteiger partial charge on any atom is 0.332 e. The average molecular weight is 357 g/mol. The van der Waals surface area contributed by atoms with Crippen LogP contribution in [0.4, 0.5) is 5.95 Å². The van der Waals surface area contributed by atoms with Gasteiger partial charge in [0.05, 0.1) is 0 Å². The van der Waals surface area contributed by atoms with Crippen LogP contribution in [0, 0.1) is 5.92 Å². The lowest BCUT2D eigenvalue weighted by Gasteiger charge is -2.40. The summed E-state index contributed by atoms with van der Waals surface area (Å²) in [4.78, 5) is 32.8. The van der Waals surface area contributed by atoms with Gasteiger partial charge in [0, 0.05) is 32.7 Å². The fourth-order valence-corrected chi connectivity index (χ4v) is 4.53. The van der Waals surface area contributed by atoms with Gasteiger partial charge in [-0.25, -0.2) is 4.79 Å². The number of fused-ring (bicyclic) bond motifs is 3. The van der Waals surface area contributed by atoms with Gasteiger partial charge in [-0.05, 0) is 18.8 Å². The van der Waals surface area contributed by atoms with Crippen LogP contribution >= 0.6 is 0 Å². The summed E-state index contributed by atoms with van der Waals surface area (Å²) in [6, 6.07) is 0.481. The van der Waals surface area contributed by atoms with Crippen molar-refractivity contribution in [2.24, 2.45) is 13.0 Å². The Morgan fingerprint density at radius 2 is 1.92 bits per heavy atom. The maximum absolute atomic E-state index is 13.0. The third-order valence-corrected chi connectivity index (χ3v) is 5.80. The number of aromatic nitrogens is 4. The second kappa shape index (κ2) is 6.45. The number of aryl methyl sites for hydroxylation is 1. The zero-order valence-corrected chi connectivity index (χ0v) is 15.6. The maximum atomic E-state index is 13.0. The highest BCUT2D eigenvalue weighted by Crippen LogP contribution is 2.32. The van der Waals surface area contributed by atoms with E-state index in [0.29, 0.717) is 23.1 Å². The highest BCUT2D eigenvalue weighted by atomic mass is 16.2. The van der Waals surface area contributed by atoms with Gasteiger partial charge in [0.15, 0.2) is 11.2 Å². The summed E-state index contributed by atoms with van der Waals surface area (Å²) in [7, 11) is 1.69. The topological polar surface area (TPSA) is 65.1 Å². The fraction of sp³-hybridized carbons (Fsp3) is 0.632. The van der Waals surface area contributed by atoms with Crippen LogP contribution in [0.5, 0.6) is 0 Å². The van der Waals surface area contributed by atoms with Crippen LogP contribution in [0.1, 0.15) is 39.0 Å². The molecule has 1 aliphatic carbocycles. The third kappa shape index (κ3) is 2.52. The molecular weight excluding hydrogens is 330 g/mol. The number of allylic oxidation sites excluding steroid dienone is 1. The van der Waals surface area contributed by atoms with Crippen LogP contribution in [-0.2, 0) is 20.1 Å². The first-order chi connectivity index (χ1) is 12.5. The average Bonchev–Trinajstić information content (AvgIpc) is 3.03. The molecule has 3 heterocycles. The minimum absolute atomic E-state index is 0.212. The van der Waals surface area contributed by atoms with Crippen molar-refractivity contribution in [1.29, 1.82) is 0 Å². The highest BCUT2D eigenvalue weighted by molar-refractivity contribution is 5.75. The molecule has 0 amide bonds. The van der Waals surface area contributed by atoms with E-state index in [1.807, 2.05) is 4.57 Å². The van der Waals surface area contributed by atoms with Crippen molar-refractivity contribution in [1.82, 2.24) is 18.7 Å². The van der Waals surface area contributed by atoms with Gasteiger partial charge in [0.25, 0.3) is 5.56 Å². The van der Waals surface area contributed by atoms with Crippen molar-refractivity contribution in [3.8, 4) is 0 Å². The monoisotopic (exact) mass is 357 g/mol. The van der Waals surface area contributed by atoms with Gasteiger partial charge in [-0.3, -0.25) is 13.9 Å². The van der Waals surface area contributed by atoms with E-state index in [2.05, 4.69) is 18.4 Å². The van der Waals surface area contributed by atoms with Gasteiger partial charge >= 0.3 is 5.69 Å². The molecule has 1 saturated carbocycles. The lowest BCUT2D eigenvalue weighted by Crippen LogP contribution is -2.45. The molecule has 0 saturated heterocycles. The van der Waals surface area contributed by atoms with Crippen molar-refractivity contribution in [2.45, 2.75) is 58.2 Å². The van der Waals surface area contributed by atoms with Crippen LogP contribution in [0.3, 0.4) is 0 Å². The second-order valence-electron chi connectivity index (χ2n) is 7.79. The van der Waals surface area contributed by atoms with Crippen molar-refractivity contribution in [2.75, 3.05) is 11.4 Å². The summed E-state index contributed by atoms with van der Waals surface area (Å²) in [5.74, 6) is 1.29. The Morgan fingerprint density at radius 3 is 2.62 bits per heavy atom. The lowest BCUT2D eigenvalue weighted by atomic mass is 9.93. The van der Waals surface area contributed by atoms with E-state index in [-0.39, 0.29) is 17.8 Å². The molecule has 26 heavy (non-hydrogen) atoms. The molecule has 0 radical (unpaired) electrons. The minimum atomic E-state index is -0.338. The summed E-state index contributed by atoms with van der Waals surface area (Å²) in [6.07, 6.45) is 7.74. The van der Waals surface area contributed by atoms with Crippen LogP contribution in [0.25, 0.3) is 11.2 Å². The van der Waals surface area contributed by atoms with Crippen molar-refractivity contribution >= 4 is 17.1 Å². The highest BCUT2D eigenvalue weighted by Gasteiger charge is 2.33. The van der Waals surface area contributed by atoms with Gasteiger partial charge in [0.2, 0.25) is 5.95 Å². The Labute approximate surface area is 152 Å². The minimum Gasteiger partial charge on any atom is -0.339 e. The van der Waals surface area contributed by atoms with Crippen LogP contribution in [0.2, 0.25) is 0 Å². The van der Waals surface area contributed by atoms with Crippen LogP contribution < -0.4 is 16.1 Å². The van der Waals surface area contributed by atoms with E-state index in [9.17, 15) is 9.59 Å². The number of imidazole rings is 1. The molecule has 2 aromatic rings. The Kier molecular flexibility index (Phi) is 4.25. The predicted molar refractivity (Wildman–Crippen MR) is 103 cm³/mol. The molecule has 0 bridgehead atoms. The number of rotatable bonds is 3. The summed E-state index contributed by atoms with van der Waals surface area (Å²) in [6.45, 7) is 7.82. The van der Waals surface area contributed by atoms with Crippen molar-refractivity contribution in [3.63, 3.8) is 0 Å². The number of hydrogen-bond donors (Lipinski definition) is 0. The van der Waals surface area contributed by atoms with E-state index in [1.54, 1.807) is 13.1 Å². The Bertz CT molecular complexity index is 961. The molecule has 1 fully saturated rings. The summed E-state index contributed by atoms with van der Waals surface area (Å²) >= 11 is 0. The normalized spacial score (nSPS) is 21.2. The molecule has 2 aromatic heterocycles. The van der Waals surface area contributed by atoms with E-state index < -0.39 is 0 Å². The van der Waals surface area contributed by atoms with Crippen molar-refractivity contribution in [3.05, 3.63) is 33.5 Å². The van der Waals surface area contributed by atoms with Gasteiger partial charge in [-0.1, -0.05) is 32.3 Å². The van der Waals surface area contributed by atoms with E-state index >= 15 is 0 Å². The van der Waals surface area contributed by atoms with Gasteiger partial charge in [-0.15, -0.1) is 6.58 Å². The first kappa shape index (κ1) is 17.1. The van der Waals surface area contributed by atoms with Gasteiger partial charge in [0.1, 0.15) is 0 Å². The molecule has 1 atom stereocenters. The lowest BCUT2D eigenvalue weighted by molar-refractivity contribution is 0.354. The van der Waals surface area contributed by atoms with Gasteiger partial charge in [-0.2, -0.15) is 4.98 Å². The zero-order chi connectivity index (χ0) is 18.4. The Balaban J connectivity index is 1.95. The standard InChI is InChI=1S/C19H27N5O2/c1-4-10-22-17(25)15-16(21(3)19(22)26)20-18-23(11-13(2)12-24(15)18)14-8-6-5-7-9-14/h4,13-14H,1,5-12H2,2-3H3. The molecule has 4 rings (SSSR count). The molecule has 140 valence electrons. The molecule has 0 spiro atoms. The van der Waals surface area contributed by atoms with E-state index in [4.69, 9.17) is 4.98 Å². The molecule has 2 aliphatic rings. The Morgan fingerprint density at radius 1 is 1.19 bits per heavy atom. The molecule has 1 unspecified atom stereocenters. The number of anilines is 1. The quantitative estimate of drug-likeness (QED) is 0.787. The number of nitrogens with zero attached hydrogens (tertiary/aromatic N) is 5. The van der Waals surface area contributed by atoms with Crippen LogP contribution in [0.15, 0.2) is 22.2 Å². The molecule has 0 aromatic carbocycles. The first-order valence-corrected chi connectivity index (χ1v) is 9.60. The third-order valence-electron chi connectivity index (χ3n) is 5.80. The molecular formula is C19H27N5O2. The second-order valence-corrected chi connectivity index (χ2v) is 7.79. The zero-order valence-electron chi connectivity index (χ0n) is 15.6. The smallest absolute Gasteiger partial charge is 0.332 e. The van der Waals surface area contributed by atoms with E-state index in [1.165, 1.54) is 41.2 Å².